The average molecular weight is 523 g/mol. The highest BCUT2D eigenvalue weighted by atomic mass is 16.5. The van der Waals surface area contributed by atoms with Crippen LogP contribution in [-0.2, 0) is 19.7 Å². The fourth-order valence-electron chi connectivity index (χ4n) is 6.04. The minimum atomic E-state index is -0.707. The lowest BCUT2D eigenvalue weighted by atomic mass is 9.76. The van der Waals surface area contributed by atoms with E-state index < -0.39 is 11.5 Å². The van der Waals surface area contributed by atoms with Crippen molar-refractivity contribution in [3.63, 3.8) is 0 Å². The Morgan fingerprint density at radius 3 is 2.68 bits per heavy atom. The molecule has 4 heterocycles. The fourth-order valence-corrected chi connectivity index (χ4v) is 6.04. The van der Waals surface area contributed by atoms with Gasteiger partial charge in [0.2, 0.25) is 11.8 Å². The van der Waals surface area contributed by atoms with Crippen molar-refractivity contribution in [3.8, 4) is 0 Å². The highest BCUT2D eigenvalue weighted by molar-refractivity contribution is 6.07. The van der Waals surface area contributed by atoms with Crippen LogP contribution in [0.1, 0.15) is 87.8 Å². The number of nitrogens with zero attached hydrogens (tertiary/aromatic N) is 3. The largest absolute Gasteiger partial charge is 0.381 e. The van der Waals surface area contributed by atoms with Crippen molar-refractivity contribution >= 4 is 29.2 Å². The zero-order valence-electron chi connectivity index (χ0n) is 22.5. The third-order valence-corrected chi connectivity index (χ3v) is 8.71. The molecule has 2 aliphatic heterocycles. The molecule has 0 aromatic carbocycles. The predicted octanol–water partition coefficient (Wildman–Crippen LogP) is 3.81. The second kappa shape index (κ2) is 10.8. The Hall–Kier alpha value is -3.27. The molecule has 3 N–H and O–H groups in total. The molecule has 10 heteroatoms. The first-order chi connectivity index (χ1) is 18.3. The van der Waals surface area contributed by atoms with Gasteiger partial charge in [-0.05, 0) is 56.9 Å². The Morgan fingerprint density at radius 2 is 1.97 bits per heavy atom. The van der Waals surface area contributed by atoms with Crippen LogP contribution < -0.4 is 16.0 Å². The van der Waals surface area contributed by atoms with E-state index in [1.54, 1.807) is 29.2 Å². The van der Waals surface area contributed by atoms with E-state index >= 15 is 0 Å². The molecule has 5 rings (SSSR count). The maximum absolute atomic E-state index is 13.6. The Kier molecular flexibility index (Phi) is 7.52. The van der Waals surface area contributed by atoms with Gasteiger partial charge in [0.05, 0.1) is 11.1 Å². The van der Waals surface area contributed by atoms with E-state index in [4.69, 9.17) is 4.74 Å². The lowest BCUT2D eigenvalue weighted by molar-refractivity contribution is -0.124. The van der Waals surface area contributed by atoms with Crippen LogP contribution in [0.15, 0.2) is 24.5 Å². The van der Waals surface area contributed by atoms with Gasteiger partial charge in [-0.25, -0.2) is 4.98 Å². The van der Waals surface area contributed by atoms with Gasteiger partial charge in [-0.3, -0.25) is 19.1 Å². The number of pyridine rings is 1. The molecule has 0 bridgehead atoms. The van der Waals surface area contributed by atoms with E-state index in [9.17, 15) is 14.4 Å². The van der Waals surface area contributed by atoms with Crippen molar-refractivity contribution < 1.29 is 19.1 Å². The van der Waals surface area contributed by atoms with Crippen molar-refractivity contribution in [2.75, 3.05) is 23.8 Å². The standard InChI is InChI=1S/C28H38N6O4/c1-4-18(3)34-22(9-12-30-34)25(35)33-24(19-7-5-17(2)6-8-19)26(36)32-23-15-21-20(16-29-23)28(27(37)31-21)10-13-38-14-11-28/h9,12,15-19,24H,4-8,10-11,13-14H2,1-3H3,(H,31,37)(H,33,35)(H,29,32,36)/t17-,18?,19-,24-/m0/s1. The molecule has 2 atom stereocenters. The summed E-state index contributed by atoms with van der Waals surface area (Å²) >= 11 is 0. The first-order valence-electron chi connectivity index (χ1n) is 13.9. The van der Waals surface area contributed by atoms with Gasteiger partial charge < -0.3 is 20.7 Å². The van der Waals surface area contributed by atoms with Gasteiger partial charge in [0.25, 0.3) is 5.91 Å². The van der Waals surface area contributed by atoms with E-state index in [1.807, 2.05) is 13.8 Å². The maximum Gasteiger partial charge on any atom is 0.270 e. The number of aromatic nitrogens is 3. The molecule has 2 aromatic rings. The molecule has 1 unspecified atom stereocenters. The van der Waals surface area contributed by atoms with Crippen molar-refractivity contribution in [2.45, 2.75) is 83.2 Å². The number of carbonyl (C=O) groups is 3. The summed E-state index contributed by atoms with van der Waals surface area (Å²) in [5.74, 6) is 0.334. The summed E-state index contributed by atoms with van der Waals surface area (Å²) in [6.07, 6.45) is 9.13. The number of rotatable bonds is 7. The molecule has 1 saturated heterocycles. The normalized spacial score (nSPS) is 23.8. The molecule has 0 radical (unpaired) electrons. The number of ether oxygens (including phenoxy) is 1. The van der Waals surface area contributed by atoms with Gasteiger partial charge in [-0.1, -0.05) is 26.7 Å². The number of amides is 3. The highest BCUT2D eigenvalue weighted by Crippen LogP contribution is 2.44. The fraction of sp³-hybridized carbons (Fsp3) is 0.607. The number of carbonyl (C=O) groups excluding carboxylic acids is 3. The van der Waals surface area contributed by atoms with Crippen molar-refractivity contribution in [3.05, 3.63) is 35.8 Å². The molecule has 2 fully saturated rings. The summed E-state index contributed by atoms with van der Waals surface area (Å²) < 4.78 is 7.19. The first kappa shape index (κ1) is 26.3. The molecular weight excluding hydrogens is 484 g/mol. The summed E-state index contributed by atoms with van der Waals surface area (Å²) in [5.41, 5.74) is 1.36. The number of hydrogen-bond donors (Lipinski definition) is 3. The Balaban J connectivity index is 1.36. The van der Waals surface area contributed by atoms with Crippen molar-refractivity contribution in [1.29, 1.82) is 0 Å². The molecule has 38 heavy (non-hydrogen) atoms. The number of hydrogen-bond acceptors (Lipinski definition) is 6. The summed E-state index contributed by atoms with van der Waals surface area (Å²) in [4.78, 5) is 44.4. The third-order valence-electron chi connectivity index (χ3n) is 8.71. The SMILES string of the molecule is CCC(C)n1nccc1C(=O)N[C@H](C(=O)Nc1cc2c(cn1)C1(CCOCC1)C(=O)N2)[C@H]1CC[C@H](C)CC1. The summed E-state index contributed by atoms with van der Waals surface area (Å²) in [6.45, 7) is 7.34. The monoisotopic (exact) mass is 522 g/mol. The van der Waals surface area contributed by atoms with Crippen LogP contribution in [0.4, 0.5) is 11.5 Å². The van der Waals surface area contributed by atoms with Gasteiger partial charge in [0.1, 0.15) is 17.6 Å². The second-order valence-corrected chi connectivity index (χ2v) is 11.1. The van der Waals surface area contributed by atoms with Gasteiger partial charge in [-0.2, -0.15) is 5.10 Å². The maximum atomic E-state index is 13.6. The van der Waals surface area contributed by atoms with E-state index in [0.29, 0.717) is 49.2 Å². The van der Waals surface area contributed by atoms with E-state index in [1.165, 1.54) is 0 Å². The quantitative estimate of drug-likeness (QED) is 0.507. The highest BCUT2D eigenvalue weighted by Gasteiger charge is 2.48. The van der Waals surface area contributed by atoms with E-state index in [-0.39, 0.29) is 29.7 Å². The lowest BCUT2D eigenvalue weighted by Crippen LogP contribution is -2.49. The van der Waals surface area contributed by atoms with E-state index in [2.05, 4.69) is 33.0 Å². The Bertz CT molecular complexity index is 1200. The lowest BCUT2D eigenvalue weighted by Gasteiger charge is -2.32. The predicted molar refractivity (Wildman–Crippen MR) is 143 cm³/mol. The van der Waals surface area contributed by atoms with Gasteiger partial charge >= 0.3 is 0 Å². The smallest absolute Gasteiger partial charge is 0.270 e. The molecular formula is C28H38N6O4. The van der Waals surface area contributed by atoms with Crippen LogP contribution >= 0.6 is 0 Å². The second-order valence-electron chi connectivity index (χ2n) is 11.1. The zero-order chi connectivity index (χ0) is 26.9. The molecule has 2 aromatic heterocycles. The zero-order valence-corrected chi connectivity index (χ0v) is 22.5. The molecule has 1 saturated carbocycles. The molecule has 204 valence electrons. The Labute approximate surface area is 223 Å². The van der Waals surface area contributed by atoms with Crippen LogP contribution in [0.3, 0.4) is 0 Å². The van der Waals surface area contributed by atoms with Gasteiger partial charge in [-0.15, -0.1) is 0 Å². The number of anilines is 2. The van der Waals surface area contributed by atoms with Gasteiger partial charge in [0, 0.05) is 43.3 Å². The first-order valence-corrected chi connectivity index (χ1v) is 13.9. The molecule has 1 spiro atoms. The van der Waals surface area contributed by atoms with Crippen LogP contribution in [0, 0.1) is 11.8 Å². The minimum Gasteiger partial charge on any atom is -0.381 e. The number of nitrogens with one attached hydrogen (secondary N) is 3. The van der Waals surface area contributed by atoms with Crippen LogP contribution in [0.2, 0.25) is 0 Å². The van der Waals surface area contributed by atoms with Crippen LogP contribution in [0.25, 0.3) is 0 Å². The van der Waals surface area contributed by atoms with Crippen LogP contribution in [0.5, 0.6) is 0 Å². The average Bonchev–Trinajstić information content (AvgIpc) is 3.51. The number of fused-ring (bicyclic) bond motifs is 2. The van der Waals surface area contributed by atoms with Crippen LogP contribution in [-0.4, -0.2) is 51.7 Å². The molecule has 1 aliphatic carbocycles. The molecule has 10 nitrogen and oxygen atoms in total. The summed E-state index contributed by atoms with van der Waals surface area (Å²) in [5, 5.41) is 13.3. The van der Waals surface area contributed by atoms with Crippen molar-refractivity contribution in [1.82, 2.24) is 20.1 Å². The van der Waals surface area contributed by atoms with Gasteiger partial charge in [0.15, 0.2) is 0 Å². The third kappa shape index (κ3) is 4.93. The molecule has 3 aliphatic rings. The Morgan fingerprint density at radius 1 is 1.24 bits per heavy atom. The summed E-state index contributed by atoms with van der Waals surface area (Å²) in [7, 11) is 0. The molecule has 3 amide bonds. The van der Waals surface area contributed by atoms with Crippen molar-refractivity contribution in [2.24, 2.45) is 11.8 Å². The minimum absolute atomic E-state index is 0.0229. The topological polar surface area (TPSA) is 127 Å². The summed E-state index contributed by atoms with van der Waals surface area (Å²) in [6, 6.07) is 2.77. The van der Waals surface area contributed by atoms with E-state index in [0.717, 1.165) is 37.7 Å².